The average Bonchev–Trinajstić information content (AvgIpc) is 2.02. The van der Waals surface area contributed by atoms with Crippen molar-refractivity contribution in [2.75, 3.05) is 0 Å². The summed E-state index contributed by atoms with van der Waals surface area (Å²) in [5, 5.41) is 1.28. The van der Waals surface area contributed by atoms with Crippen molar-refractivity contribution in [3.8, 4) is 0 Å². The van der Waals surface area contributed by atoms with Gasteiger partial charge in [-0.1, -0.05) is 24.3 Å². The average molecular weight is 280 g/mol. The predicted molar refractivity (Wildman–Crippen MR) is 63.5 cm³/mol. The molecule has 0 N–H and O–H groups in total. The summed E-state index contributed by atoms with van der Waals surface area (Å²) in [4.78, 5) is 0. The van der Waals surface area contributed by atoms with Crippen LogP contribution >= 0.6 is 0 Å². The van der Waals surface area contributed by atoms with Crippen LogP contribution in [0.5, 0.6) is 0 Å². The maximum atomic E-state index is 3.64. The van der Waals surface area contributed by atoms with Crippen molar-refractivity contribution >= 4 is 0 Å². The zero-order valence-corrected chi connectivity index (χ0v) is 11.2. The van der Waals surface area contributed by atoms with Gasteiger partial charge in [0.15, 0.2) is 0 Å². The van der Waals surface area contributed by atoms with Gasteiger partial charge < -0.3 is 0 Å². The van der Waals surface area contributed by atoms with Crippen LogP contribution in [0.1, 0.15) is 25.7 Å². The Hall–Kier alpha value is -0.157. The Bertz CT molecular complexity index is 152. The molecule has 0 bridgehead atoms. The van der Waals surface area contributed by atoms with Crippen molar-refractivity contribution in [2.45, 2.75) is 41.7 Å². The van der Waals surface area contributed by atoms with Gasteiger partial charge in [-0.2, -0.15) is 0 Å². The van der Waals surface area contributed by atoms with Crippen molar-refractivity contribution in [1.29, 1.82) is 0 Å². The zero-order valence-electron chi connectivity index (χ0n) is 9.48. The first-order valence-corrected chi connectivity index (χ1v) is 9.78. The van der Waals surface area contributed by atoms with E-state index in [1.165, 1.54) is 30.7 Å². The topological polar surface area (TPSA) is 0 Å². The molecule has 0 heterocycles. The van der Waals surface area contributed by atoms with Crippen LogP contribution in [-0.2, 0) is 16.0 Å². The Morgan fingerprint density at radius 1 is 1.00 bits per heavy atom. The van der Waals surface area contributed by atoms with Gasteiger partial charge in [0.25, 0.3) is 0 Å². The van der Waals surface area contributed by atoms with Crippen LogP contribution in [0.4, 0.5) is 0 Å². The molecule has 0 aliphatic heterocycles. The van der Waals surface area contributed by atoms with Crippen LogP contribution in [0, 0.1) is 0 Å². The molecule has 0 atom stereocenters. The Morgan fingerprint density at radius 3 is 1.50 bits per heavy atom. The summed E-state index contributed by atoms with van der Waals surface area (Å²) in [7, 11) is 0. The van der Waals surface area contributed by atoms with E-state index in [-0.39, 0.29) is 16.0 Å². The standard InChI is InChI=1S/C8H12.C3H5.2CH3.Ru/c1-2-4-6-8-7-5-3-1;1-3-2;;;/h1-2,7-8H,3-6H2;3H,1-2H2;2*1H3;. The minimum atomic E-state index is -0.323. The Kier molecular flexibility index (Phi) is 10.8. The van der Waals surface area contributed by atoms with Crippen LogP contribution in [0.3, 0.4) is 0 Å². The number of hydrogen-bond acceptors (Lipinski definition) is 0. The van der Waals surface area contributed by atoms with E-state index < -0.39 is 0 Å². The van der Waals surface area contributed by atoms with E-state index in [1.54, 1.807) is 0 Å². The van der Waals surface area contributed by atoms with E-state index in [2.05, 4.69) is 41.9 Å². The molecule has 0 aromatic rings. The van der Waals surface area contributed by atoms with E-state index in [4.69, 9.17) is 0 Å². The molecule has 0 unspecified atom stereocenters. The molecular formula is C13H23Ru. The number of rotatable bonds is 2. The molecule has 0 saturated carbocycles. The molecule has 1 aliphatic rings. The van der Waals surface area contributed by atoms with Gasteiger partial charge in [0.2, 0.25) is 0 Å². The van der Waals surface area contributed by atoms with Gasteiger partial charge in [-0.3, -0.25) is 0 Å². The summed E-state index contributed by atoms with van der Waals surface area (Å²) in [6.45, 7) is 3.64. The molecule has 1 rings (SSSR count). The van der Waals surface area contributed by atoms with Crippen molar-refractivity contribution in [2.24, 2.45) is 0 Å². The first kappa shape index (κ1) is 13.8. The fourth-order valence-electron chi connectivity index (χ4n) is 1.06. The van der Waals surface area contributed by atoms with Gasteiger partial charge in [0.05, 0.1) is 0 Å². The van der Waals surface area contributed by atoms with Crippen LogP contribution < -0.4 is 0 Å². The fourth-order valence-corrected chi connectivity index (χ4v) is 2.06. The third kappa shape index (κ3) is 11.8. The van der Waals surface area contributed by atoms with Crippen molar-refractivity contribution in [3.05, 3.63) is 37.0 Å². The molecule has 0 spiro atoms. The molecule has 0 fully saturated rings. The molecule has 1 heteroatoms. The molecule has 0 saturated heterocycles. The van der Waals surface area contributed by atoms with E-state index in [0.717, 1.165) is 0 Å². The molecule has 0 amide bonds. The van der Waals surface area contributed by atoms with Crippen molar-refractivity contribution < 1.29 is 16.0 Å². The quantitative estimate of drug-likeness (QED) is 0.494. The van der Waals surface area contributed by atoms with Crippen LogP contribution in [0.25, 0.3) is 0 Å². The van der Waals surface area contributed by atoms with Gasteiger partial charge >= 0.3 is 44.7 Å². The molecular weight excluding hydrogens is 257 g/mol. The minimum absolute atomic E-state index is 0.323. The summed E-state index contributed by atoms with van der Waals surface area (Å²) in [6.07, 6.45) is 16.0. The van der Waals surface area contributed by atoms with Crippen LogP contribution in [-0.4, -0.2) is 0 Å². The van der Waals surface area contributed by atoms with Crippen molar-refractivity contribution in [3.63, 3.8) is 0 Å². The number of hydrogen-bond donors (Lipinski definition) is 0. The van der Waals surface area contributed by atoms with Gasteiger partial charge in [0.1, 0.15) is 0 Å². The third-order valence-corrected chi connectivity index (χ3v) is 3.64. The fraction of sp³-hybridized carbons (Fsp3) is 0.538. The second-order valence-electron chi connectivity index (χ2n) is 3.38. The van der Waals surface area contributed by atoms with E-state index in [0.29, 0.717) is 0 Å². The normalized spacial score (nSPS) is 16.0. The molecule has 0 radical (unpaired) electrons. The summed E-state index contributed by atoms with van der Waals surface area (Å²) < 4.78 is 0. The van der Waals surface area contributed by atoms with Gasteiger partial charge in [0, 0.05) is 0 Å². The summed E-state index contributed by atoms with van der Waals surface area (Å²) in [5.74, 6) is 0. The summed E-state index contributed by atoms with van der Waals surface area (Å²) >= 11 is -0.323. The second kappa shape index (κ2) is 10.9. The summed E-state index contributed by atoms with van der Waals surface area (Å²) in [5.41, 5.74) is 4.65. The second-order valence-corrected chi connectivity index (χ2v) is 8.29. The number of allylic oxidation sites excluding steroid dienone is 5. The molecule has 0 aromatic carbocycles. The molecule has 1 aliphatic carbocycles. The van der Waals surface area contributed by atoms with Gasteiger partial charge in [-0.25, -0.2) is 0 Å². The Balaban J connectivity index is 0.000000255. The van der Waals surface area contributed by atoms with Crippen LogP contribution in [0.2, 0.25) is 16.1 Å². The zero-order chi connectivity index (χ0) is 10.6. The predicted octanol–water partition coefficient (Wildman–Crippen LogP) is 4.98. The summed E-state index contributed by atoms with van der Waals surface area (Å²) in [6, 6.07) is 0. The first-order chi connectivity index (χ1) is 6.77. The third-order valence-electron chi connectivity index (χ3n) is 1.72. The van der Waals surface area contributed by atoms with Crippen molar-refractivity contribution in [1.82, 2.24) is 0 Å². The van der Waals surface area contributed by atoms with E-state index >= 15 is 0 Å². The monoisotopic (exact) mass is 281 g/mol. The molecule has 83 valence electrons. The Morgan fingerprint density at radius 2 is 1.36 bits per heavy atom. The maximum absolute atomic E-state index is 3.64. The molecule has 14 heavy (non-hydrogen) atoms. The Labute approximate surface area is 94.7 Å². The molecule has 0 nitrogen and oxygen atoms in total. The first-order valence-electron chi connectivity index (χ1n) is 5.07. The van der Waals surface area contributed by atoms with E-state index in [1.807, 2.05) is 6.08 Å². The van der Waals surface area contributed by atoms with Gasteiger partial charge in [-0.05, 0) is 25.7 Å². The van der Waals surface area contributed by atoms with Gasteiger partial charge in [-0.15, -0.1) is 0 Å². The SMILES string of the molecule is C1=CCCC=CCC1.C=C[CH2][Ru]([CH3])[CH3]. The van der Waals surface area contributed by atoms with E-state index in [9.17, 15) is 0 Å². The molecule has 0 aromatic heterocycles. The van der Waals surface area contributed by atoms with Crippen LogP contribution in [0.15, 0.2) is 37.0 Å².